The molecule has 20 heavy (non-hydrogen) atoms. The summed E-state index contributed by atoms with van der Waals surface area (Å²) in [7, 11) is 0. The average Bonchev–Trinajstić information content (AvgIpc) is 2.47. The molecule has 0 radical (unpaired) electrons. The number of oxime groups is 1. The van der Waals surface area contributed by atoms with Gasteiger partial charge in [0.05, 0.1) is 5.56 Å². The number of halogens is 2. The van der Waals surface area contributed by atoms with Crippen molar-refractivity contribution in [2.45, 2.75) is 0 Å². The number of pyridine rings is 1. The van der Waals surface area contributed by atoms with Crippen LogP contribution >= 0.6 is 11.6 Å². The van der Waals surface area contributed by atoms with E-state index in [0.29, 0.717) is 5.69 Å². The van der Waals surface area contributed by atoms with Crippen molar-refractivity contribution in [1.82, 2.24) is 4.98 Å². The first-order valence-electron chi connectivity index (χ1n) is 5.49. The average molecular weight is 294 g/mol. The van der Waals surface area contributed by atoms with Gasteiger partial charge in [0.1, 0.15) is 11.5 Å². The van der Waals surface area contributed by atoms with Crippen LogP contribution in [-0.4, -0.2) is 16.8 Å². The van der Waals surface area contributed by atoms with Crippen LogP contribution in [0.3, 0.4) is 0 Å². The van der Waals surface area contributed by atoms with E-state index in [4.69, 9.17) is 17.3 Å². The molecule has 5 nitrogen and oxygen atoms in total. The second-order valence-electron chi connectivity index (χ2n) is 3.69. The third-order valence-electron chi connectivity index (χ3n) is 2.30. The molecule has 0 aliphatic heterocycles. The van der Waals surface area contributed by atoms with Crippen LogP contribution in [0.5, 0.6) is 0 Å². The minimum atomic E-state index is -0.996. The Bertz CT molecular complexity index is 662. The Morgan fingerprint density at radius 1 is 1.35 bits per heavy atom. The molecule has 0 aliphatic rings. The zero-order valence-corrected chi connectivity index (χ0v) is 10.8. The Kier molecular flexibility index (Phi) is 4.27. The van der Waals surface area contributed by atoms with Crippen LogP contribution in [-0.2, 0) is 4.84 Å². The fourth-order valence-electron chi connectivity index (χ4n) is 1.35. The van der Waals surface area contributed by atoms with Crippen molar-refractivity contribution in [1.29, 1.82) is 0 Å². The number of carbonyl (C=O) groups is 1. The lowest BCUT2D eigenvalue weighted by Gasteiger charge is -2.02. The van der Waals surface area contributed by atoms with Crippen molar-refractivity contribution >= 4 is 23.4 Å². The first-order valence-corrected chi connectivity index (χ1v) is 5.87. The van der Waals surface area contributed by atoms with E-state index in [9.17, 15) is 9.18 Å². The largest absolute Gasteiger partial charge is 0.379 e. The zero-order chi connectivity index (χ0) is 14.5. The second kappa shape index (κ2) is 6.12. The number of nitrogens with zero attached hydrogens (tertiary/aromatic N) is 2. The Labute approximate surface area is 118 Å². The summed E-state index contributed by atoms with van der Waals surface area (Å²) in [6, 6.07) is 8.51. The van der Waals surface area contributed by atoms with Crippen molar-refractivity contribution in [3.05, 3.63) is 64.7 Å². The van der Waals surface area contributed by atoms with E-state index in [1.807, 2.05) is 0 Å². The summed E-state index contributed by atoms with van der Waals surface area (Å²) in [5, 5.41) is 3.62. The lowest BCUT2D eigenvalue weighted by molar-refractivity contribution is 0.0510. The minimum Gasteiger partial charge on any atom is -0.379 e. The highest BCUT2D eigenvalue weighted by molar-refractivity contribution is 6.30. The van der Waals surface area contributed by atoms with Gasteiger partial charge in [-0.1, -0.05) is 22.8 Å². The standard InChI is InChI=1S/C13H9ClFN3O2/c14-8-4-5-10(15)9(7-8)13(19)20-18-12(16)11-3-1-2-6-17-11/h1-7H,(H2,16,18). The highest BCUT2D eigenvalue weighted by atomic mass is 35.5. The summed E-state index contributed by atoms with van der Waals surface area (Å²) in [6.45, 7) is 0. The molecule has 1 aromatic heterocycles. The molecule has 0 saturated heterocycles. The quantitative estimate of drug-likeness (QED) is 0.408. The fraction of sp³-hybridized carbons (Fsp3) is 0. The number of hydrogen-bond acceptors (Lipinski definition) is 4. The zero-order valence-electron chi connectivity index (χ0n) is 10.1. The molecule has 1 aromatic carbocycles. The lowest BCUT2D eigenvalue weighted by atomic mass is 10.2. The van der Waals surface area contributed by atoms with E-state index in [0.717, 1.165) is 12.1 Å². The highest BCUT2D eigenvalue weighted by Gasteiger charge is 2.14. The number of carbonyl (C=O) groups excluding carboxylic acids is 1. The van der Waals surface area contributed by atoms with E-state index in [2.05, 4.69) is 15.0 Å². The van der Waals surface area contributed by atoms with Gasteiger partial charge < -0.3 is 10.6 Å². The fourth-order valence-corrected chi connectivity index (χ4v) is 1.53. The number of aromatic nitrogens is 1. The molecule has 0 unspecified atom stereocenters. The number of rotatable bonds is 3. The van der Waals surface area contributed by atoms with E-state index >= 15 is 0 Å². The molecule has 2 rings (SSSR count). The third-order valence-corrected chi connectivity index (χ3v) is 2.54. The molecule has 0 amide bonds. The normalized spacial score (nSPS) is 11.2. The van der Waals surface area contributed by atoms with Gasteiger partial charge in [-0.15, -0.1) is 0 Å². The number of amidine groups is 1. The van der Waals surface area contributed by atoms with Gasteiger partial charge in [0.2, 0.25) is 0 Å². The van der Waals surface area contributed by atoms with Crippen LogP contribution in [0.4, 0.5) is 4.39 Å². The second-order valence-corrected chi connectivity index (χ2v) is 4.13. The van der Waals surface area contributed by atoms with Crippen molar-refractivity contribution in [2.75, 3.05) is 0 Å². The Morgan fingerprint density at radius 2 is 2.15 bits per heavy atom. The number of nitrogens with two attached hydrogens (primary N) is 1. The summed E-state index contributed by atoms with van der Waals surface area (Å²) >= 11 is 5.67. The van der Waals surface area contributed by atoms with Crippen molar-refractivity contribution in [3.63, 3.8) is 0 Å². The molecule has 2 N–H and O–H groups in total. The van der Waals surface area contributed by atoms with Crippen LogP contribution in [0.25, 0.3) is 0 Å². The monoisotopic (exact) mass is 293 g/mol. The smallest absolute Gasteiger partial charge is 0.368 e. The summed E-state index contributed by atoms with van der Waals surface area (Å²) < 4.78 is 13.4. The molecule has 1 heterocycles. The van der Waals surface area contributed by atoms with E-state index in [1.165, 1.54) is 12.3 Å². The van der Waals surface area contributed by atoms with Crippen molar-refractivity contribution in [3.8, 4) is 0 Å². The summed E-state index contributed by atoms with van der Waals surface area (Å²) in [6.07, 6.45) is 1.51. The SMILES string of the molecule is N/C(=N\OC(=O)c1cc(Cl)ccc1F)c1ccccn1. The molecular weight excluding hydrogens is 285 g/mol. The Morgan fingerprint density at radius 3 is 2.85 bits per heavy atom. The molecule has 2 aromatic rings. The summed E-state index contributed by atoms with van der Waals surface area (Å²) in [4.78, 5) is 20.1. The lowest BCUT2D eigenvalue weighted by Crippen LogP contribution is -2.16. The van der Waals surface area contributed by atoms with Gasteiger partial charge in [0.25, 0.3) is 0 Å². The maximum absolute atomic E-state index is 13.4. The van der Waals surface area contributed by atoms with E-state index < -0.39 is 11.8 Å². The molecule has 0 aliphatic carbocycles. The van der Waals surface area contributed by atoms with Gasteiger partial charge in [-0.2, -0.15) is 0 Å². The van der Waals surface area contributed by atoms with Gasteiger partial charge in [-0.25, -0.2) is 9.18 Å². The van der Waals surface area contributed by atoms with Gasteiger partial charge in [0.15, 0.2) is 5.84 Å². The molecule has 7 heteroatoms. The maximum atomic E-state index is 13.4. The Balaban J connectivity index is 2.14. The molecule has 0 fully saturated rings. The predicted octanol–water partition coefficient (Wildman–Crippen LogP) is 2.35. The molecule has 0 atom stereocenters. The predicted molar refractivity (Wildman–Crippen MR) is 71.8 cm³/mol. The van der Waals surface area contributed by atoms with Crippen LogP contribution in [0.2, 0.25) is 5.02 Å². The first-order chi connectivity index (χ1) is 9.58. The summed E-state index contributed by atoms with van der Waals surface area (Å²) in [5.41, 5.74) is 5.60. The summed E-state index contributed by atoms with van der Waals surface area (Å²) in [5.74, 6) is -1.85. The van der Waals surface area contributed by atoms with Crippen molar-refractivity contribution < 1.29 is 14.0 Å². The maximum Gasteiger partial charge on any atom is 0.368 e. The third kappa shape index (κ3) is 3.30. The van der Waals surface area contributed by atoms with Crippen LogP contribution in [0.15, 0.2) is 47.8 Å². The highest BCUT2D eigenvalue weighted by Crippen LogP contribution is 2.15. The van der Waals surface area contributed by atoms with Gasteiger partial charge in [-0.05, 0) is 30.3 Å². The number of benzene rings is 1. The molecule has 0 spiro atoms. The van der Waals surface area contributed by atoms with Crippen LogP contribution in [0, 0.1) is 5.82 Å². The van der Waals surface area contributed by atoms with Crippen LogP contribution in [0.1, 0.15) is 16.1 Å². The Hall–Kier alpha value is -2.47. The van der Waals surface area contributed by atoms with Crippen molar-refractivity contribution in [2.24, 2.45) is 10.9 Å². The van der Waals surface area contributed by atoms with Gasteiger partial charge >= 0.3 is 5.97 Å². The van der Waals surface area contributed by atoms with Gasteiger partial charge in [-0.3, -0.25) is 4.98 Å². The first kappa shape index (κ1) is 14.0. The molecule has 0 saturated carbocycles. The molecular formula is C13H9ClFN3O2. The van der Waals surface area contributed by atoms with E-state index in [-0.39, 0.29) is 16.4 Å². The topological polar surface area (TPSA) is 77.6 Å². The van der Waals surface area contributed by atoms with Crippen LogP contribution < -0.4 is 5.73 Å². The number of hydrogen-bond donors (Lipinski definition) is 1. The minimum absolute atomic E-state index is 0.0959. The molecule has 102 valence electrons. The molecule has 0 bridgehead atoms. The van der Waals surface area contributed by atoms with Gasteiger partial charge in [0, 0.05) is 11.2 Å². The van der Waals surface area contributed by atoms with E-state index in [1.54, 1.807) is 18.2 Å².